The summed E-state index contributed by atoms with van der Waals surface area (Å²) in [4.78, 5) is 23.9. The second-order valence-corrected chi connectivity index (χ2v) is 6.46. The molecule has 0 unspecified atom stereocenters. The molecule has 5 nitrogen and oxygen atoms in total. The maximum absolute atomic E-state index is 12.5. The van der Waals surface area contributed by atoms with Crippen molar-refractivity contribution in [2.45, 2.75) is 58.4 Å². The highest BCUT2D eigenvalue weighted by Crippen LogP contribution is 2.26. The van der Waals surface area contributed by atoms with Gasteiger partial charge in [-0.05, 0) is 33.1 Å². The summed E-state index contributed by atoms with van der Waals surface area (Å²) in [6.07, 6.45) is -4.46. The molecular weight excluding hydrogens is 301 g/mol. The van der Waals surface area contributed by atoms with E-state index in [1.165, 1.54) is 0 Å². The first kappa shape index (κ1) is 18.6. The maximum atomic E-state index is 12.5. The van der Waals surface area contributed by atoms with Crippen molar-refractivity contribution in [2.24, 2.45) is 5.92 Å². The van der Waals surface area contributed by atoms with Crippen LogP contribution in [0.1, 0.15) is 40.5 Å². The van der Waals surface area contributed by atoms with E-state index in [1.54, 1.807) is 20.8 Å². The molecular formula is C14H23F3N2O3. The smallest absolute Gasteiger partial charge is 0.444 e. The number of hydrogen-bond acceptors (Lipinski definition) is 3. The van der Waals surface area contributed by atoms with Crippen LogP contribution in [0, 0.1) is 5.92 Å². The fourth-order valence-electron chi connectivity index (χ4n) is 2.48. The molecule has 0 spiro atoms. The number of piperidine rings is 1. The quantitative estimate of drug-likeness (QED) is 0.849. The third kappa shape index (κ3) is 5.38. The number of rotatable bonds is 2. The molecule has 1 saturated heterocycles. The molecule has 0 radical (unpaired) electrons. The Balaban J connectivity index is 2.72. The first-order valence-corrected chi connectivity index (χ1v) is 7.29. The van der Waals surface area contributed by atoms with Gasteiger partial charge in [-0.2, -0.15) is 13.2 Å². The molecule has 0 bridgehead atoms. The van der Waals surface area contributed by atoms with Gasteiger partial charge in [0.05, 0.1) is 6.04 Å². The van der Waals surface area contributed by atoms with Gasteiger partial charge in [-0.3, -0.25) is 4.79 Å². The summed E-state index contributed by atoms with van der Waals surface area (Å²) in [5.41, 5.74) is -0.693. The average molecular weight is 324 g/mol. The third-order valence-electron chi connectivity index (χ3n) is 3.51. The molecule has 1 rings (SSSR count). The van der Waals surface area contributed by atoms with Crippen molar-refractivity contribution in [2.75, 3.05) is 13.1 Å². The molecule has 2 amide bonds. The molecule has 1 aliphatic heterocycles. The minimum atomic E-state index is -4.89. The van der Waals surface area contributed by atoms with E-state index in [0.717, 1.165) is 4.90 Å². The lowest BCUT2D eigenvalue weighted by atomic mass is 9.89. The van der Waals surface area contributed by atoms with Gasteiger partial charge >= 0.3 is 18.2 Å². The average Bonchev–Trinajstić information content (AvgIpc) is 2.34. The minimum Gasteiger partial charge on any atom is -0.444 e. The van der Waals surface area contributed by atoms with Crippen LogP contribution in [0.15, 0.2) is 0 Å². The zero-order valence-electron chi connectivity index (χ0n) is 13.3. The summed E-state index contributed by atoms with van der Waals surface area (Å²) in [6, 6.07) is -0.542. The number of nitrogens with one attached hydrogen (secondary N) is 1. The molecule has 0 aromatic carbocycles. The highest BCUT2D eigenvalue weighted by Gasteiger charge is 2.45. The highest BCUT2D eigenvalue weighted by atomic mass is 19.4. The maximum Gasteiger partial charge on any atom is 0.471 e. The third-order valence-corrected chi connectivity index (χ3v) is 3.51. The number of hydrogen-bond donors (Lipinski definition) is 1. The van der Waals surface area contributed by atoms with Crippen molar-refractivity contribution in [3.8, 4) is 0 Å². The Labute approximate surface area is 128 Å². The molecule has 1 heterocycles. The Hall–Kier alpha value is -1.47. The number of carbonyl (C=O) groups is 2. The molecule has 0 aromatic rings. The number of alkyl carbamates (subject to hydrolysis) is 1. The van der Waals surface area contributed by atoms with Crippen LogP contribution in [0.3, 0.4) is 0 Å². The molecule has 2 atom stereocenters. The van der Waals surface area contributed by atoms with E-state index in [-0.39, 0.29) is 19.0 Å². The van der Waals surface area contributed by atoms with Gasteiger partial charge in [0.2, 0.25) is 0 Å². The molecule has 0 saturated carbocycles. The summed E-state index contributed by atoms with van der Waals surface area (Å²) in [7, 11) is 0. The van der Waals surface area contributed by atoms with E-state index >= 15 is 0 Å². The predicted octanol–water partition coefficient (Wildman–Crippen LogP) is 2.70. The normalized spacial score (nSPS) is 23.1. The van der Waals surface area contributed by atoms with Crippen molar-refractivity contribution in [3.05, 3.63) is 0 Å². The van der Waals surface area contributed by atoms with Crippen LogP contribution in [0.2, 0.25) is 0 Å². The van der Waals surface area contributed by atoms with Crippen LogP contribution in [0.5, 0.6) is 0 Å². The van der Waals surface area contributed by atoms with Crippen molar-refractivity contribution >= 4 is 12.0 Å². The van der Waals surface area contributed by atoms with Crippen LogP contribution < -0.4 is 5.32 Å². The van der Waals surface area contributed by atoms with Gasteiger partial charge in [0, 0.05) is 13.1 Å². The summed E-state index contributed by atoms with van der Waals surface area (Å²) in [6.45, 7) is 6.88. The number of alkyl halides is 3. The molecule has 1 fully saturated rings. The van der Waals surface area contributed by atoms with Crippen LogP contribution in [-0.2, 0) is 9.53 Å². The van der Waals surface area contributed by atoms with Crippen molar-refractivity contribution < 1.29 is 27.5 Å². The Kier molecular flexibility index (Phi) is 5.70. The van der Waals surface area contributed by atoms with E-state index in [1.807, 2.05) is 6.92 Å². The summed E-state index contributed by atoms with van der Waals surface area (Å²) in [5, 5.41) is 2.59. The molecule has 1 aliphatic rings. The van der Waals surface area contributed by atoms with Crippen molar-refractivity contribution in [3.63, 3.8) is 0 Å². The first-order valence-electron chi connectivity index (χ1n) is 7.29. The largest absolute Gasteiger partial charge is 0.471 e. The summed E-state index contributed by atoms with van der Waals surface area (Å²) >= 11 is 0. The monoisotopic (exact) mass is 324 g/mol. The Morgan fingerprint density at radius 3 is 2.32 bits per heavy atom. The second-order valence-electron chi connectivity index (χ2n) is 6.46. The Morgan fingerprint density at radius 1 is 1.27 bits per heavy atom. The lowest BCUT2D eigenvalue weighted by Crippen LogP contribution is -2.56. The minimum absolute atomic E-state index is 0.0183. The predicted molar refractivity (Wildman–Crippen MR) is 74.2 cm³/mol. The Bertz CT molecular complexity index is 419. The molecule has 128 valence electrons. The van der Waals surface area contributed by atoms with Gasteiger partial charge in [-0.25, -0.2) is 4.79 Å². The standard InChI is InChI=1S/C14H23F3N2O3/c1-5-9-6-7-19(11(20)14(15,16)17)8-10(9)18-12(21)22-13(2,3)4/h9-10H,5-8H2,1-4H3,(H,18,21)/t9-,10+/m0/s1. The van der Waals surface area contributed by atoms with Gasteiger partial charge in [0.25, 0.3) is 0 Å². The van der Waals surface area contributed by atoms with E-state index in [4.69, 9.17) is 4.74 Å². The molecule has 22 heavy (non-hydrogen) atoms. The van der Waals surface area contributed by atoms with Crippen LogP contribution >= 0.6 is 0 Å². The molecule has 0 aliphatic carbocycles. The number of likely N-dealkylation sites (tertiary alicyclic amines) is 1. The second kappa shape index (κ2) is 6.75. The van der Waals surface area contributed by atoms with Gasteiger partial charge in [0.15, 0.2) is 0 Å². The fourth-order valence-corrected chi connectivity index (χ4v) is 2.48. The summed E-state index contributed by atoms with van der Waals surface area (Å²) in [5.74, 6) is -1.84. The number of nitrogens with zero attached hydrogens (tertiary/aromatic N) is 1. The summed E-state index contributed by atoms with van der Waals surface area (Å²) < 4.78 is 42.7. The van der Waals surface area contributed by atoms with Crippen LogP contribution in [0.4, 0.5) is 18.0 Å². The molecule has 0 aromatic heterocycles. The SMILES string of the molecule is CC[C@H]1CCN(C(=O)C(F)(F)F)C[C@H]1NC(=O)OC(C)(C)C. The zero-order valence-corrected chi connectivity index (χ0v) is 13.3. The number of halogens is 3. The number of carbonyl (C=O) groups excluding carboxylic acids is 2. The zero-order chi connectivity index (χ0) is 17.1. The van der Waals surface area contributed by atoms with Gasteiger partial charge in [-0.1, -0.05) is 13.3 Å². The molecule has 1 N–H and O–H groups in total. The molecule has 8 heteroatoms. The van der Waals surface area contributed by atoms with Crippen molar-refractivity contribution in [1.82, 2.24) is 10.2 Å². The van der Waals surface area contributed by atoms with E-state index in [0.29, 0.717) is 12.8 Å². The first-order chi connectivity index (χ1) is 9.94. The van der Waals surface area contributed by atoms with Gasteiger partial charge < -0.3 is 15.0 Å². The highest BCUT2D eigenvalue weighted by molar-refractivity contribution is 5.82. The topological polar surface area (TPSA) is 58.6 Å². The van der Waals surface area contributed by atoms with Gasteiger partial charge in [-0.15, -0.1) is 0 Å². The number of ether oxygens (including phenoxy) is 1. The lowest BCUT2D eigenvalue weighted by Gasteiger charge is -2.38. The van der Waals surface area contributed by atoms with E-state index < -0.39 is 29.8 Å². The Morgan fingerprint density at radius 2 is 1.86 bits per heavy atom. The van der Waals surface area contributed by atoms with Gasteiger partial charge in [0.1, 0.15) is 5.60 Å². The van der Waals surface area contributed by atoms with Crippen LogP contribution in [0.25, 0.3) is 0 Å². The van der Waals surface area contributed by atoms with E-state index in [2.05, 4.69) is 5.32 Å². The lowest BCUT2D eigenvalue weighted by molar-refractivity contribution is -0.187. The number of amides is 2. The van der Waals surface area contributed by atoms with Crippen molar-refractivity contribution in [1.29, 1.82) is 0 Å². The van der Waals surface area contributed by atoms with Crippen LogP contribution in [-0.4, -0.2) is 47.8 Å². The van der Waals surface area contributed by atoms with E-state index in [9.17, 15) is 22.8 Å². The fraction of sp³-hybridized carbons (Fsp3) is 0.857.